The van der Waals surface area contributed by atoms with E-state index in [1.54, 1.807) is 11.1 Å². The summed E-state index contributed by atoms with van der Waals surface area (Å²) in [6, 6.07) is 19.1. The molecule has 2 aromatic carbocycles. The van der Waals surface area contributed by atoms with Crippen molar-refractivity contribution in [1.29, 1.82) is 5.26 Å². The third-order valence-electron chi connectivity index (χ3n) is 6.81. The molecule has 0 saturated heterocycles. The lowest BCUT2D eigenvalue weighted by atomic mass is 9.67. The van der Waals surface area contributed by atoms with Crippen LogP contribution < -0.4 is 10.2 Å². The van der Waals surface area contributed by atoms with Gasteiger partial charge in [0.2, 0.25) is 0 Å². The monoisotopic (exact) mass is 450 g/mol. The quantitative estimate of drug-likeness (QED) is 0.558. The lowest BCUT2D eigenvalue weighted by molar-refractivity contribution is -0.137. The van der Waals surface area contributed by atoms with Crippen molar-refractivity contribution in [3.63, 3.8) is 0 Å². The van der Waals surface area contributed by atoms with Gasteiger partial charge in [0, 0.05) is 28.6 Å². The number of benzene rings is 2. The minimum Gasteiger partial charge on any atom is -0.456 e. The molecule has 1 atom stereocenters. The summed E-state index contributed by atoms with van der Waals surface area (Å²) in [5, 5.41) is 13.5. The molecule has 1 N–H and O–H groups in total. The molecule has 3 aromatic rings. The summed E-state index contributed by atoms with van der Waals surface area (Å²) in [5.74, 6) is -0.199. The standard InChI is InChI=1S/C27H22N4O3/c1-26(2,3)30-14-16(13-28)21-23(30)29-19-15-34-24(32)22(19)27(21)18-11-7-8-12-20(18)31(25(27)33)17-9-5-4-6-10-17/h4-12,14,29H,15H2,1-3H3/t27-/m0/s1. The van der Waals surface area contributed by atoms with Crippen LogP contribution in [0.5, 0.6) is 0 Å². The van der Waals surface area contributed by atoms with Gasteiger partial charge in [0.1, 0.15) is 23.9 Å². The second-order valence-electron chi connectivity index (χ2n) is 9.72. The van der Waals surface area contributed by atoms with Crippen molar-refractivity contribution < 1.29 is 14.3 Å². The van der Waals surface area contributed by atoms with Gasteiger partial charge >= 0.3 is 5.97 Å². The van der Waals surface area contributed by atoms with Crippen LogP contribution in [0, 0.1) is 11.3 Å². The maximum absolute atomic E-state index is 14.7. The lowest BCUT2D eigenvalue weighted by Gasteiger charge is -2.36. The predicted octanol–water partition coefficient (Wildman–Crippen LogP) is 4.32. The van der Waals surface area contributed by atoms with Crippen molar-refractivity contribution in [1.82, 2.24) is 4.57 Å². The third-order valence-corrected chi connectivity index (χ3v) is 6.81. The number of carbonyl (C=O) groups is 2. The Morgan fingerprint density at radius 1 is 1.06 bits per heavy atom. The van der Waals surface area contributed by atoms with E-state index in [0.29, 0.717) is 39.6 Å². The molecule has 7 heteroatoms. The van der Waals surface area contributed by atoms with Gasteiger partial charge in [0.05, 0.1) is 22.5 Å². The number of esters is 1. The van der Waals surface area contributed by atoms with Gasteiger partial charge in [-0.15, -0.1) is 0 Å². The van der Waals surface area contributed by atoms with Crippen molar-refractivity contribution in [2.75, 3.05) is 16.8 Å². The molecule has 1 amide bonds. The first-order valence-corrected chi connectivity index (χ1v) is 11.1. The number of rotatable bonds is 1. The number of hydrogen-bond donors (Lipinski definition) is 1. The molecule has 3 aliphatic rings. The Kier molecular flexibility index (Phi) is 3.95. The number of anilines is 3. The number of hydrogen-bond acceptors (Lipinski definition) is 5. The molecule has 3 aliphatic heterocycles. The molecule has 7 nitrogen and oxygen atoms in total. The van der Waals surface area contributed by atoms with Gasteiger partial charge in [-0.25, -0.2) is 4.79 Å². The van der Waals surface area contributed by atoms with Crippen molar-refractivity contribution in [3.8, 4) is 6.07 Å². The van der Waals surface area contributed by atoms with E-state index < -0.39 is 11.4 Å². The van der Waals surface area contributed by atoms with Gasteiger partial charge < -0.3 is 14.6 Å². The SMILES string of the molecule is CC(C)(C)n1cc(C#N)c2c1NC1=C(C(=O)OC1)[C@@]21C(=O)N(c2ccccc2)c2ccccc21. The number of aromatic nitrogens is 1. The average molecular weight is 450 g/mol. The van der Waals surface area contributed by atoms with Crippen molar-refractivity contribution >= 4 is 29.1 Å². The highest BCUT2D eigenvalue weighted by atomic mass is 16.5. The van der Waals surface area contributed by atoms with Gasteiger partial charge in [-0.05, 0) is 39.0 Å². The molecule has 168 valence electrons. The summed E-state index contributed by atoms with van der Waals surface area (Å²) in [6.45, 7) is 6.14. The Bertz CT molecular complexity index is 1470. The van der Waals surface area contributed by atoms with E-state index >= 15 is 0 Å². The van der Waals surface area contributed by atoms with Crippen LogP contribution in [0.1, 0.15) is 37.5 Å². The first kappa shape index (κ1) is 20.3. The summed E-state index contributed by atoms with van der Waals surface area (Å²) in [7, 11) is 0. The Hall–Kier alpha value is -4.31. The largest absolute Gasteiger partial charge is 0.456 e. The summed E-state index contributed by atoms with van der Waals surface area (Å²) >= 11 is 0. The number of para-hydroxylation sites is 2. The fraction of sp³-hybridized carbons (Fsp3) is 0.222. The number of cyclic esters (lactones) is 1. The van der Waals surface area contributed by atoms with Crippen LogP contribution in [0.2, 0.25) is 0 Å². The molecule has 0 saturated carbocycles. The Labute approximate surface area is 196 Å². The second-order valence-corrected chi connectivity index (χ2v) is 9.72. The van der Waals surface area contributed by atoms with Crippen LogP contribution in [0.4, 0.5) is 17.2 Å². The summed E-state index contributed by atoms with van der Waals surface area (Å²) in [6.07, 6.45) is 1.77. The summed E-state index contributed by atoms with van der Waals surface area (Å²) in [4.78, 5) is 29.5. The fourth-order valence-corrected chi connectivity index (χ4v) is 5.47. The highest BCUT2D eigenvalue weighted by molar-refractivity contribution is 6.23. The van der Waals surface area contributed by atoms with Crippen molar-refractivity contribution in [2.24, 2.45) is 0 Å². The number of carbonyl (C=O) groups excluding carboxylic acids is 2. The van der Waals surface area contributed by atoms with Gasteiger partial charge in [-0.3, -0.25) is 9.69 Å². The minimum atomic E-state index is -1.49. The smallest absolute Gasteiger partial charge is 0.338 e. The van der Waals surface area contributed by atoms with E-state index in [1.165, 1.54) is 0 Å². The molecule has 0 unspecified atom stereocenters. The van der Waals surface area contributed by atoms with Crippen LogP contribution in [0.3, 0.4) is 0 Å². The van der Waals surface area contributed by atoms with E-state index in [-0.39, 0.29) is 23.6 Å². The Morgan fingerprint density at radius 2 is 1.76 bits per heavy atom. The Morgan fingerprint density at radius 3 is 2.47 bits per heavy atom. The molecule has 1 aromatic heterocycles. The maximum Gasteiger partial charge on any atom is 0.338 e. The van der Waals surface area contributed by atoms with Crippen LogP contribution in [0.25, 0.3) is 0 Å². The van der Waals surface area contributed by atoms with Crippen LogP contribution in [-0.2, 0) is 25.3 Å². The molecule has 34 heavy (non-hydrogen) atoms. The zero-order valence-electron chi connectivity index (χ0n) is 19.0. The topological polar surface area (TPSA) is 87.4 Å². The number of nitrogens with one attached hydrogen (secondary N) is 1. The van der Waals surface area contributed by atoms with E-state index in [2.05, 4.69) is 11.4 Å². The molecule has 0 bridgehead atoms. The summed E-state index contributed by atoms with van der Waals surface area (Å²) < 4.78 is 7.42. The van der Waals surface area contributed by atoms with Gasteiger partial charge in [0.25, 0.3) is 5.91 Å². The number of amides is 1. The normalized spacial score (nSPS) is 20.6. The molecule has 0 fully saturated rings. The van der Waals surface area contributed by atoms with Crippen LogP contribution in [0.15, 0.2) is 72.1 Å². The third kappa shape index (κ3) is 2.35. The molecule has 0 aliphatic carbocycles. The highest BCUT2D eigenvalue weighted by Gasteiger charge is 2.63. The molecule has 1 spiro atoms. The molecule has 4 heterocycles. The highest BCUT2D eigenvalue weighted by Crippen LogP contribution is 2.59. The van der Waals surface area contributed by atoms with E-state index in [9.17, 15) is 14.9 Å². The number of nitriles is 1. The maximum atomic E-state index is 14.7. The first-order valence-electron chi connectivity index (χ1n) is 11.1. The number of fused-ring (bicyclic) bond motifs is 5. The van der Waals surface area contributed by atoms with E-state index in [0.717, 1.165) is 0 Å². The first-order chi connectivity index (χ1) is 16.3. The van der Waals surface area contributed by atoms with Crippen molar-refractivity contribution in [2.45, 2.75) is 31.7 Å². The van der Waals surface area contributed by atoms with Crippen LogP contribution in [-0.4, -0.2) is 23.1 Å². The zero-order valence-corrected chi connectivity index (χ0v) is 19.0. The van der Waals surface area contributed by atoms with Gasteiger partial charge in [-0.2, -0.15) is 5.26 Å². The van der Waals surface area contributed by atoms with E-state index in [1.807, 2.05) is 79.9 Å². The van der Waals surface area contributed by atoms with Gasteiger partial charge in [0.15, 0.2) is 0 Å². The zero-order chi connectivity index (χ0) is 23.8. The van der Waals surface area contributed by atoms with Crippen molar-refractivity contribution in [3.05, 3.63) is 88.8 Å². The lowest BCUT2D eigenvalue weighted by Crippen LogP contribution is -2.46. The number of nitrogens with zero attached hydrogens (tertiary/aromatic N) is 3. The average Bonchev–Trinajstić information content (AvgIpc) is 3.46. The van der Waals surface area contributed by atoms with Gasteiger partial charge in [-0.1, -0.05) is 36.4 Å². The molecule has 0 radical (unpaired) electrons. The van der Waals surface area contributed by atoms with E-state index in [4.69, 9.17) is 4.74 Å². The second kappa shape index (κ2) is 6.61. The van der Waals surface area contributed by atoms with Crippen LogP contribution >= 0.6 is 0 Å². The minimum absolute atomic E-state index is 0.0490. The molecular weight excluding hydrogens is 428 g/mol. The predicted molar refractivity (Wildman–Crippen MR) is 127 cm³/mol. The number of ether oxygens (including phenoxy) is 1. The Balaban J connectivity index is 1.77. The molecule has 6 rings (SSSR count). The fourth-order valence-electron chi connectivity index (χ4n) is 5.47. The molecular formula is C27H22N4O3. The summed E-state index contributed by atoms with van der Waals surface area (Å²) in [5.41, 5.74) is 1.85.